The highest BCUT2D eigenvalue weighted by atomic mass is 16.3. The fourth-order valence-corrected chi connectivity index (χ4v) is 9.45. The Kier molecular flexibility index (Phi) is 8.54. The van der Waals surface area contributed by atoms with Gasteiger partial charge in [-0.2, -0.15) is 0 Å². The SMILES string of the molecule is CC1(C)c2cc3ccccc3cc2-c2c(-c3ccc(/C(=C/Cc4ccc(-c5ccc6oc7c8ccccc8ccc7c6c5)cc4)NC(N)c4ccccc4)cc3)cccc21. The van der Waals surface area contributed by atoms with Gasteiger partial charge in [-0.1, -0.05) is 178 Å². The molecule has 1 atom stereocenters. The standard InChI is InChI=1S/C57H44N2O/c1-57(2)50-18-10-17-45(54(50)49-34-42-14-6-7-15-43(42)35-51(49)57)39-24-26-40(27-25-39)52(59-56(58)41-12-4-3-5-13-41)31-21-36-19-22-37(23-20-36)44-29-32-53-48(33-44)47-30-28-38-11-8-9-16-46(38)55(47)60-53/h3-20,22-35,56,59H,21,58H2,1-2H3/b52-31-. The van der Waals surface area contributed by atoms with Crippen LogP contribution < -0.4 is 11.1 Å². The van der Waals surface area contributed by atoms with Crippen molar-refractivity contribution in [2.45, 2.75) is 31.8 Å². The molecule has 0 bridgehead atoms. The van der Waals surface area contributed by atoms with Crippen LogP contribution in [0.15, 0.2) is 199 Å². The summed E-state index contributed by atoms with van der Waals surface area (Å²) in [6.07, 6.45) is 2.65. The molecule has 1 unspecified atom stereocenters. The molecular weight excluding hydrogens is 729 g/mol. The van der Waals surface area contributed by atoms with E-state index in [0.29, 0.717) is 0 Å². The molecule has 0 spiro atoms. The average molecular weight is 773 g/mol. The first-order valence-electron chi connectivity index (χ1n) is 20.9. The first-order valence-corrected chi connectivity index (χ1v) is 20.9. The minimum Gasteiger partial charge on any atom is -0.455 e. The third kappa shape index (κ3) is 6.09. The Bertz CT molecular complexity index is 3280. The molecule has 1 aromatic heterocycles. The van der Waals surface area contributed by atoms with Crippen LogP contribution in [0.4, 0.5) is 0 Å². The van der Waals surface area contributed by atoms with Gasteiger partial charge < -0.3 is 15.5 Å². The highest BCUT2D eigenvalue weighted by molar-refractivity contribution is 6.15. The summed E-state index contributed by atoms with van der Waals surface area (Å²) in [6, 6.07) is 67.7. The topological polar surface area (TPSA) is 51.2 Å². The minimum atomic E-state index is -0.364. The van der Waals surface area contributed by atoms with Gasteiger partial charge in [0.05, 0.1) is 0 Å². The molecule has 1 aliphatic carbocycles. The van der Waals surface area contributed by atoms with Crippen LogP contribution in [0.1, 0.15) is 47.8 Å². The number of benzene rings is 9. The normalized spacial score (nSPS) is 13.8. The van der Waals surface area contributed by atoms with Gasteiger partial charge in [0.25, 0.3) is 0 Å². The van der Waals surface area contributed by atoms with Gasteiger partial charge in [0, 0.05) is 27.3 Å². The van der Waals surface area contributed by atoms with Crippen LogP contribution >= 0.6 is 0 Å². The van der Waals surface area contributed by atoms with Gasteiger partial charge in [0.15, 0.2) is 0 Å². The molecule has 1 aliphatic rings. The number of nitrogens with one attached hydrogen (secondary N) is 1. The quantitative estimate of drug-likeness (QED) is 0.151. The lowest BCUT2D eigenvalue weighted by molar-refractivity contribution is 0.661. The Morgan fingerprint density at radius 2 is 1.27 bits per heavy atom. The summed E-state index contributed by atoms with van der Waals surface area (Å²) in [6.45, 7) is 4.71. The fraction of sp³-hybridized carbons (Fsp3) is 0.0877. The highest BCUT2D eigenvalue weighted by Crippen LogP contribution is 2.53. The molecule has 0 saturated carbocycles. The van der Waals surface area contributed by atoms with Crippen molar-refractivity contribution in [3.05, 3.63) is 222 Å². The monoisotopic (exact) mass is 772 g/mol. The van der Waals surface area contributed by atoms with Crippen molar-refractivity contribution >= 4 is 49.2 Å². The van der Waals surface area contributed by atoms with Crippen LogP contribution in [0.25, 0.3) is 82.6 Å². The van der Waals surface area contributed by atoms with E-state index in [1.807, 2.05) is 18.2 Å². The van der Waals surface area contributed by atoms with E-state index in [2.05, 4.69) is 195 Å². The van der Waals surface area contributed by atoms with Gasteiger partial charge in [-0.3, -0.25) is 0 Å². The van der Waals surface area contributed by atoms with Crippen molar-refractivity contribution < 1.29 is 4.42 Å². The molecule has 3 N–H and O–H groups in total. The molecule has 0 radical (unpaired) electrons. The Hall–Kier alpha value is -7.20. The van der Waals surface area contributed by atoms with E-state index in [1.54, 1.807) is 0 Å². The molecule has 0 amide bonds. The summed E-state index contributed by atoms with van der Waals surface area (Å²) in [5, 5.41) is 10.8. The number of nitrogens with two attached hydrogens (primary N) is 1. The number of hydrogen-bond acceptors (Lipinski definition) is 3. The van der Waals surface area contributed by atoms with Crippen LogP contribution in [-0.4, -0.2) is 0 Å². The van der Waals surface area contributed by atoms with E-state index >= 15 is 0 Å². The highest BCUT2D eigenvalue weighted by Gasteiger charge is 2.37. The second-order valence-corrected chi connectivity index (χ2v) is 16.7. The maximum atomic E-state index is 6.81. The lowest BCUT2D eigenvalue weighted by Gasteiger charge is -2.22. The van der Waals surface area contributed by atoms with E-state index in [9.17, 15) is 0 Å². The Labute approximate surface area is 350 Å². The van der Waals surface area contributed by atoms with Crippen molar-refractivity contribution in [2.24, 2.45) is 5.73 Å². The van der Waals surface area contributed by atoms with E-state index in [4.69, 9.17) is 10.2 Å². The van der Waals surface area contributed by atoms with E-state index in [0.717, 1.165) is 50.6 Å². The van der Waals surface area contributed by atoms with Crippen molar-refractivity contribution in [1.82, 2.24) is 5.32 Å². The molecular formula is C57H44N2O. The Balaban J connectivity index is 0.905. The van der Waals surface area contributed by atoms with Gasteiger partial charge in [0.1, 0.15) is 17.3 Å². The van der Waals surface area contributed by atoms with Gasteiger partial charge in [-0.25, -0.2) is 0 Å². The predicted molar refractivity (Wildman–Crippen MR) is 252 cm³/mol. The first-order chi connectivity index (χ1) is 29.4. The van der Waals surface area contributed by atoms with E-state index in [-0.39, 0.29) is 11.6 Å². The summed E-state index contributed by atoms with van der Waals surface area (Å²) in [5.41, 5.74) is 23.2. The third-order valence-corrected chi connectivity index (χ3v) is 12.7. The summed E-state index contributed by atoms with van der Waals surface area (Å²) >= 11 is 0. The first kappa shape index (κ1) is 35.9. The van der Waals surface area contributed by atoms with E-state index < -0.39 is 0 Å². The molecule has 9 aromatic carbocycles. The molecule has 0 aliphatic heterocycles. The largest absolute Gasteiger partial charge is 0.455 e. The van der Waals surface area contributed by atoms with Gasteiger partial charge in [-0.15, -0.1) is 0 Å². The summed E-state index contributed by atoms with van der Waals surface area (Å²) in [5.74, 6) is 0. The van der Waals surface area contributed by atoms with Crippen LogP contribution in [0.3, 0.4) is 0 Å². The molecule has 0 fully saturated rings. The van der Waals surface area contributed by atoms with E-state index in [1.165, 1.54) is 66.2 Å². The Morgan fingerprint density at radius 1 is 0.567 bits per heavy atom. The summed E-state index contributed by atoms with van der Waals surface area (Å²) < 4.78 is 6.38. The lowest BCUT2D eigenvalue weighted by Crippen LogP contribution is -2.27. The maximum Gasteiger partial charge on any atom is 0.143 e. The van der Waals surface area contributed by atoms with Crippen LogP contribution in [-0.2, 0) is 11.8 Å². The molecule has 11 rings (SSSR count). The third-order valence-electron chi connectivity index (χ3n) is 12.7. The van der Waals surface area contributed by atoms with Crippen molar-refractivity contribution in [1.29, 1.82) is 0 Å². The second-order valence-electron chi connectivity index (χ2n) is 16.7. The zero-order valence-electron chi connectivity index (χ0n) is 33.7. The molecule has 10 aromatic rings. The molecule has 0 saturated heterocycles. The zero-order valence-corrected chi connectivity index (χ0v) is 33.7. The zero-order chi connectivity index (χ0) is 40.4. The van der Waals surface area contributed by atoms with Crippen LogP contribution in [0.2, 0.25) is 0 Å². The molecule has 1 heterocycles. The fourth-order valence-electron chi connectivity index (χ4n) is 9.45. The van der Waals surface area contributed by atoms with Crippen molar-refractivity contribution in [3.8, 4) is 33.4 Å². The molecule has 3 heteroatoms. The Morgan fingerprint density at radius 3 is 2.07 bits per heavy atom. The summed E-state index contributed by atoms with van der Waals surface area (Å²) in [7, 11) is 0. The number of allylic oxidation sites excluding steroid dienone is 1. The number of hydrogen-bond donors (Lipinski definition) is 2. The predicted octanol–water partition coefficient (Wildman–Crippen LogP) is 14.4. The van der Waals surface area contributed by atoms with Crippen molar-refractivity contribution in [3.63, 3.8) is 0 Å². The van der Waals surface area contributed by atoms with Crippen molar-refractivity contribution in [2.75, 3.05) is 0 Å². The van der Waals surface area contributed by atoms with Crippen LogP contribution in [0, 0.1) is 0 Å². The lowest BCUT2D eigenvalue weighted by atomic mass is 9.81. The second kappa shape index (κ2) is 14.3. The van der Waals surface area contributed by atoms with Crippen LogP contribution in [0.5, 0.6) is 0 Å². The number of rotatable bonds is 8. The number of fused-ring (bicyclic) bond motifs is 9. The minimum absolute atomic E-state index is 0.0890. The smallest absolute Gasteiger partial charge is 0.143 e. The number of furan rings is 1. The van der Waals surface area contributed by atoms with Gasteiger partial charge in [0.2, 0.25) is 0 Å². The molecule has 60 heavy (non-hydrogen) atoms. The maximum absolute atomic E-state index is 6.81. The van der Waals surface area contributed by atoms with Gasteiger partial charge in [-0.05, 0) is 114 Å². The summed E-state index contributed by atoms with van der Waals surface area (Å²) in [4.78, 5) is 0. The average Bonchev–Trinajstić information content (AvgIpc) is 3.79. The van der Waals surface area contributed by atoms with Gasteiger partial charge >= 0.3 is 0 Å². The molecule has 288 valence electrons. The molecule has 3 nitrogen and oxygen atoms in total.